The van der Waals surface area contributed by atoms with Crippen molar-refractivity contribution < 1.29 is 4.79 Å². The van der Waals surface area contributed by atoms with E-state index in [1.807, 2.05) is 17.6 Å². The van der Waals surface area contributed by atoms with Gasteiger partial charge in [-0.1, -0.05) is 0 Å². The average Bonchev–Trinajstić information content (AvgIpc) is 3.04. The number of anilines is 2. The van der Waals surface area contributed by atoms with Crippen molar-refractivity contribution in [3.05, 3.63) is 28.8 Å². The monoisotopic (exact) mass is 426 g/mol. The Morgan fingerprint density at radius 3 is 3.10 bits per heavy atom. The van der Waals surface area contributed by atoms with Crippen molar-refractivity contribution in [1.82, 2.24) is 20.3 Å². The molecule has 3 fully saturated rings. The summed E-state index contributed by atoms with van der Waals surface area (Å²) in [6.45, 7) is 0.755. The van der Waals surface area contributed by atoms with Gasteiger partial charge in [0.2, 0.25) is 0 Å². The van der Waals surface area contributed by atoms with E-state index in [0.717, 1.165) is 39.8 Å². The van der Waals surface area contributed by atoms with Crippen molar-refractivity contribution in [2.24, 2.45) is 17.3 Å². The summed E-state index contributed by atoms with van der Waals surface area (Å²) >= 11 is 3.17. The molecule has 150 valence electrons. The molecule has 0 saturated heterocycles. The zero-order valence-corrected chi connectivity index (χ0v) is 17.5. The fraction of sp³-hybridized carbons (Fsp3) is 0.500. The number of aromatic nitrogens is 3. The predicted octanol–water partition coefficient (Wildman–Crippen LogP) is 4.11. The summed E-state index contributed by atoms with van der Waals surface area (Å²) in [5.74, 6) is 2.55. The summed E-state index contributed by atoms with van der Waals surface area (Å²) in [5.41, 5.74) is 1.59. The minimum absolute atomic E-state index is 0.117. The van der Waals surface area contributed by atoms with E-state index in [0.29, 0.717) is 22.5 Å². The lowest BCUT2D eigenvalue weighted by molar-refractivity contribution is 0.102. The number of thiophene rings is 1. The van der Waals surface area contributed by atoms with Crippen LogP contribution in [-0.2, 0) is 6.42 Å². The lowest BCUT2D eigenvalue weighted by Crippen LogP contribution is -2.53. The molecule has 3 heterocycles. The van der Waals surface area contributed by atoms with Crippen LogP contribution in [0, 0.1) is 17.3 Å². The molecule has 0 bridgehead atoms. The minimum atomic E-state index is -0.117. The van der Waals surface area contributed by atoms with Gasteiger partial charge in [0.05, 0.1) is 10.2 Å². The first-order valence-electron chi connectivity index (χ1n) is 10.2. The summed E-state index contributed by atoms with van der Waals surface area (Å²) < 4.78 is 1.08. The van der Waals surface area contributed by atoms with E-state index < -0.39 is 0 Å². The van der Waals surface area contributed by atoms with Crippen LogP contribution in [-0.4, -0.2) is 33.6 Å². The van der Waals surface area contributed by atoms with Crippen molar-refractivity contribution in [1.29, 1.82) is 0 Å². The van der Waals surface area contributed by atoms with Gasteiger partial charge in [0.1, 0.15) is 12.1 Å². The van der Waals surface area contributed by atoms with Crippen LogP contribution in [0.1, 0.15) is 30.6 Å². The standard InChI is InChI=1S/C20H22N6OS2/c27-18(25-15-8-20-7-11(20)1-2-13(15)20)26-19-22-9-12(29-19)3-5-21-17-16-14(4-6-28-16)23-10-24-17/h4,6,9-11,13,15H,1-3,5,7-8H2,(H,21,23,24)(H2,22,25,26,27). The van der Waals surface area contributed by atoms with Gasteiger partial charge < -0.3 is 10.6 Å². The first kappa shape index (κ1) is 17.6. The van der Waals surface area contributed by atoms with E-state index >= 15 is 0 Å². The highest BCUT2D eigenvalue weighted by Crippen LogP contribution is 2.75. The minimum Gasteiger partial charge on any atom is -0.368 e. The maximum absolute atomic E-state index is 12.3. The number of rotatable bonds is 6. The van der Waals surface area contributed by atoms with E-state index in [-0.39, 0.29) is 6.03 Å². The Hall–Kier alpha value is -2.26. The molecule has 0 aromatic carbocycles. The molecule has 3 aliphatic carbocycles. The van der Waals surface area contributed by atoms with E-state index in [1.165, 1.54) is 37.0 Å². The molecule has 3 aromatic heterocycles. The Morgan fingerprint density at radius 1 is 1.24 bits per heavy atom. The normalized spacial score (nSPS) is 29.0. The quantitative estimate of drug-likeness (QED) is 0.552. The van der Waals surface area contributed by atoms with Gasteiger partial charge in [-0.25, -0.2) is 19.7 Å². The second kappa shape index (κ2) is 6.63. The van der Waals surface area contributed by atoms with E-state index in [9.17, 15) is 4.79 Å². The summed E-state index contributed by atoms with van der Waals surface area (Å²) in [6.07, 6.45) is 9.47. The smallest absolute Gasteiger partial charge is 0.321 e. The third-order valence-electron chi connectivity index (χ3n) is 6.93. The molecule has 1 spiro atoms. The molecular formula is C20H22N6OS2. The summed E-state index contributed by atoms with van der Waals surface area (Å²) in [5, 5.41) is 12.1. The van der Waals surface area contributed by atoms with E-state index in [2.05, 4.69) is 30.9 Å². The highest BCUT2D eigenvalue weighted by Gasteiger charge is 2.71. The summed E-state index contributed by atoms with van der Waals surface area (Å²) in [7, 11) is 0. The fourth-order valence-electron chi connectivity index (χ4n) is 5.46. The number of urea groups is 1. The maximum Gasteiger partial charge on any atom is 0.321 e. The predicted molar refractivity (Wildman–Crippen MR) is 116 cm³/mol. The van der Waals surface area contributed by atoms with Crippen LogP contribution in [0.25, 0.3) is 10.2 Å². The lowest BCUT2D eigenvalue weighted by Gasteiger charge is -2.44. The Bertz CT molecular complexity index is 1080. The number of fused-ring (bicyclic) bond motifs is 1. The second-order valence-electron chi connectivity index (χ2n) is 8.39. The molecule has 7 nitrogen and oxygen atoms in total. The number of hydrogen-bond acceptors (Lipinski definition) is 7. The van der Waals surface area contributed by atoms with Gasteiger partial charge in [-0.3, -0.25) is 5.32 Å². The second-order valence-corrected chi connectivity index (χ2v) is 10.4. The molecule has 0 radical (unpaired) electrons. The summed E-state index contributed by atoms with van der Waals surface area (Å²) in [4.78, 5) is 26.4. The van der Waals surface area contributed by atoms with Crippen LogP contribution >= 0.6 is 22.7 Å². The third-order valence-corrected chi connectivity index (χ3v) is 8.81. The van der Waals surface area contributed by atoms with Crippen molar-refractivity contribution in [2.75, 3.05) is 17.2 Å². The Labute approximate surface area is 176 Å². The van der Waals surface area contributed by atoms with Gasteiger partial charge in [0, 0.05) is 30.1 Å². The topological polar surface area (TPSA) is 91.8 Å². The van der Waals surface area contributed by atoms with Gasteiger partial charge in [-0.05, 0) is 54.4 Å². The largest absolute Gasteiger partial charge is 0.368 e. The van der Waals surface area contributed by atoms with Gasteiger partial charge in [-0.2, -0.15) is 0 Å². The van der Waals surface area contributed by atoms with E-state index in [4.69, 9.17) is 0 Å². The number of nitrogens with one attached hydrogen (secondary N) is 3. The maximum atomic E-state index is 12.3. The molecule has 29 heavy (non-hydrogen) atoms. The van der Waals surface area contributed by atoms with Crippen molar-refractivity contribution in [2.45, 2.75) is 38.1 Å². The molecule has 0 aliphatic heterocycles. The van der Waals surface area contributed by atoms with Crippen LogP contribution in [0.2, 0.25) is 0 Å². The highest BCUT2D eigenvalue weighted by molar-refractivity contribution is 7.17. The molecule has 6 rings (SSSR count). The molecule has 3 aliphatic rings. The zero-order valence-electron chi connectivity index (χ0n) is 15.9. The first-order valence-corrected chi connectivity index (χ1v) is 11.9. The Balaban J connectivity index is 0.996. The van der Waals surface area contributed by atoms with Crippen LogP contribution in [0.15, 0.2) is 24.0 Å². The molecule has 9 heteroatoms. The van der Waals surface area contributed by atoms with Crippen LogP contribution in [0.3, 0.4) is 0 Å². The molecule has 4 atom stereocenters. The van der Waals surface area contributed by atoms with Crippen LogP contribution in [0.5, 0.6) is 0 Å². The molecule has 2 amide bonds. The van der Waals surface area contributed by atoms with Gasteiger partial charge in [0.25, 0.3) is 0 Å². The SMILES string of the molecule is O=C(Nc1ncc(CCNc2ncnc3ccsc23)s1)NC1CC23CC2CCC13. The average molecular weight is 427 g/mol. The highest BCUT2D eigenvalue weighted by atomic mass is 32.1. The number of carbonyl (C=O) groups is 1. The first-order chi connectivity index (χ1) is 14.2. The zero-order chi connectivity index (χ0) is 19.4. The molecule has 3 N–H and O–H groups in total. The molecule has 3 aromatic rings. The fourth-order valence-corrected chi connectivity index (χ4v) is 7.08. The van der Waals surface area contributed by atoms with Crippen molar-refractivity contribution >= 4 is 49.9 Å². The number of carbonyl (C=O) groups excluding carboxylic acids is 1. The van der Waals surface area contributed by atoms with Gasteiger partial charge >= 0.3 is 6.03 Å². The molecule has 4 unspecified atom stereocenters. The Kier molecular flexibility index (Phi) is 4.02. The molecule has 3 saturated carbocycles. The molecular weight excluding hydrogens is 404 g/mol. The number of hydrogen-bond donors (Lipinski definition) is 3. The lowest BCUT2D eigenvalue weighted by atomic mass is 9.67. The summed E-state index contributed by atoms with van der Waals surface area (Å²) in [6, 6.07) is 2.24. The van der Waals surface area contributed by atoms with Crippen LogP contribution < -0.4 is 16.0 Å². The van der Waals surface area contributed by atoms with E-state index in [1.54, 1.807) is 17.7 Å². The third kappa shape index (κ3) is 2.98. The van der Waals surface area contributed by atoms with Gasteiger partial charge in [-0.15, -0.1) is 22.7 Å². The van der Waals surface area contributed by atoms with Gasteiger partial charge in [0.15, 0.2) is 5.13 Å². The number of thiazole rings is 1. The van der Waals surface area contributed by atoms with Crippen molar-refractivity contribution in [3.63, 3.8) is 0 Å². The van der Waals surface area contributed by atoms with Crippen molar-refractivity contribution in [3.8, 4) is 0 Å². The Morgan fingerprint density at radius 2 is 2.21 bits per heavy atom. The number of nitrogens with zero attached hydrogens (tertiary/aromatic N) is 3. The number of amides is 2. The van der Waals surface area contributed by atoms with Crippen LogP contribution in [0.4, 0.5) is 15.7 Å².